The Labute approximate surface area is 139 Å². The summed E-state index contributed by atoms with van der Waals surface area (Å²) >= 11 is 0. The van der Waals surface area contributed by atoms with Gasteiger partial charge < -0.3 is 9.80 Å². The van der Waals surface area contributed by atoms with Crippen LogP contribution in [-0.4, -0.2) is 48.4 Å². The first-order chi connectivity index (χ1) is 10.5. The number of carbonyl (C=O) groups excluding carboxylic acids is 1. The molecule has 0 saturated carbocycles. The van der Waals surface area contributed by atoms with E-state index >= 15 is 0 Å². The first kappa shape index (κ1) is 21.4. The van der Waals surface area contributed by atoms with Gasteiger partial charge in [0.15, 0.2) is 0 Å². The van der Waals surface area contributed by atoms with Crippen LogP contribution in [-0.2, 0) is 4.79 Å². The van der Waals surface area contributed by atoms with Gasteiger partial charge in [0.05, 0.1) is 0 Å². The molecule has 2 fully saturated rings. The summed E-state index contributed by atoms with van der Waals surface area (Å²) in [5.41, 5.74) is 0. The van der Waals surface area contributed by atoms with E-state index in [0.29, 0.717) is 0 Å². The summed E-state index contributed by atoms with van der Waals surface area (Å²) in [6.07, 6.45) is 7.63. The van der Waals surface area contributed by atoms with Crippen LogP contribution in [0.15, 0.2) is 0 Å². The Bertz CT molecular complexity index is 252. The SMILES string of the molecule is CC.CC(C)C1CCN(C=O)CC1.CC(C)N1CCCCC1. The van der Waals surface area contributed by atoms with Crippen molar-refractivity contribution in [1.29, 1.82) is 0 Å². The molecule has 0 aliphatic carbocycles. The molecule has 0 unspecified atom stereocenters. The van der Waals surface area contributed by atoms with Gasteiger partial charge in [0.25, 0.3) is 0 Å². The van der Waals surface area contributed by atoms with Crippen LogP contribution in [0.1, 0.15) is 73.6 Å². The van der Waals surface area contributed by atoms with Gasteiger partial charge >= 0.3 is 0 Å². The predicted molar refractivity (Wildman–Crippen MR) is 97.1 cm³/mol. The van der Waals surface area contributed by atoms with Gasteiger partial charge in [-0.25, -0.2) is 0 Å². The van der Waals surface area contributed by atoms with E-state index in [9.17, 15) is 4.79 Å². The minimum Gasteiger partial charge on any atom is -0.345 e. The smallest absolute Gasteiger partial charge is 0.209 e. The van der Waals surface area contributed by atoms with Crippen molar-refractivity contribution in [2.75, 3.05) is 26.2 Å². The third kappa shape index (κ3) is 8.77. The van der Waals surface area contributed by atoms with Crippen molar-refractivity contribution in [3.63, 3.8) is 0 Å². The lowest BCUT2D eigenvalue weighted by Crippen LogP contribution is -2.35. The first-order valence-corrected chi connectivity index (χ1v) is 9.48. The van der Waals surface area contributed by atoms with Gasteiger partial charge in [-0.15, -0.1) is 0 Å². The van der Waals surface area contributed by atoms with Gasteiger partial charge in [-0.05, 0) is 64.5 Å². The molecule has 0 atom stereocenters. The van der Waals surface area contributed by atoms with Gasteiger partial charge in [-0.3, -0.25) is 4.79 Å². The average molecular weight is 313 g/mol. The highest BCUT2D eigenvalue weighted by molar-refractivity contribution is 5.47. The maximum absolute atomic E-state index is 10.4. The second-order valence-corrected chi connectivity index (χ2v) is 6.91. The summed E-state index contributed by atoms with van der Waals surface area (Å²) in [6.45, 7) is 17.7. The lowest BCUT2D eigenvalue weighted by atomic mass is 9.87. The van der Waals surface area contributed by atoms with Crippen molar-refractivity contribution in [2.24, 2.45) is 11.8 Å². The topological polar surface area (TPSA) is 23.6 Å². The molecule has 0 aromatic carbocycles. The molecule has 2 aliphatic rings. The van der Waals surface area contributed by atoms with Crippen LogP contribution in [0.5, 0.6) is 0 Å². The molecule has 1 amide bonds. The van der Waals surface area contributed by atoms with Crippen molar-refractivity contribution >= 4 is 6.41 Å². The van der Waals surface area contributed by atoms with E-state index in [2.05, 4.69) is 32.6 Å². The van der Waals surface area contributed by atoms with E-state index in [1.165, 1.54) is 45.2 Å². The van der Waals surface area contributed by atoms with E-state index in [0.717, 1.165) is 37.4 Å². The number of rotatable bonds is 3. The summed E-state index contributed by atoms with van der Waals surface area (Å²) in [4.78, 5) is 14.8. The Morgan fingerprint density at radius 2 is 1.36 bits per heavy atom. The van der Waals surface area contributed by atoms with Crippen molar-refractivity contribution in [1.82, 2.24) is 9.80 Å². The van der Waals surface area contributed by atoms with E-state index < -0.39 is 0 Å². The Balaban J connectivity index is 0.000000366. The molecule has 0 aromatic rings. The molecule has 2 heterocycles. The zero-order valence-corrected chi connectivity index (χ0v) is 16.0. The largest absolute Gasteiger partial charge is 0.345 e. The van der Waals surface area contributed by atoms with E-state index in [-0.39, 0.29) is 0 Å². The van der Waals surface area contributed by atoms with Crippen molar-refractivity contribution in [2.45, 2.75) is 79.7 Å². The van der Waals surface area contributed by atoms with Crippen LogP contribution in [0.4, 0.5) is 0 Å². The normalized spacial score (nSPS) is 20.1. The third-order valence-corrected chi connectivity index (χ3v) is 4.79. The zero-order chi connectivity index (χ0) is 17.0. The number of amides is 1. The molecule has 3 nitrogen and oxygen atoms in total. The van der Waals surface area contributed by atoms with Crippen LogP contribution < -0.4 is 0 Å². The number of piperidine rings is 2. The molecule has 2 aliphatic heterocycles. The highest BCUT2D eigenvalue weighted by Crippen LogP contribution is 2.23. The second-order valence-electron chi connectivity index (χ2n) is 6.91. The fraction of sp³-hybridized carbons (Fsp3) is 0.947. The van der Waals surface area contributed by atoms with Crippen molar-refractivity contribution < 1.29 is 4.79 Å². The van der Waals surface area contributed by atoms with Gasteiger partial charge in [-0.2, -0.15) is 0 Å². The Morgan fingerprint density at radius 3 is 1.68 bits per heavy atom. The lowest BCUT2D eigenvalue weighted by Gasteiger charge is -2.31. The highest BCUT2D eigenvalue weighted by Gasteiger charge is 2.19. The Kier molecular flexibility index (Phi) is 12.6. The molecule has 0 radical (unpaired) electrons. The van der Waals surface area contributed by atoms with Crippen LogP contribution in [0, 0.1) is 11.8 Å². The minimum atomic E-state index is 0.769. The van der Waals surface area contributed by atoms with Gasteiger partial charge in [0.2, 0.25) is 6.41 Å². The zero-order valence-electron chi connectivity index (χ0n) is 16.0. The Hall–Kier alpha value is -0.570. The number of hydrogen-bond acceptors (Lipinski definition) is 2. The maximum atomic E-state index is 10.4. The average Bonchev–Trinajstić information content (AvgIpc) is 2.58. The molecular weight excluding hydrogens is 272 g/mol. The second kappa shape index (κ2) is 12.9. The maximum Gasteiger partial charge on any atom is 0.209 e. The van der Waals surface area contributed by atoms with Gasteiger partial charge in [0, 0.05) is 19.1 Å². The van der Waals surface area contributed by atoms with E-state index in [1.54, 1.807) is 0 Å². The molecule has 0 spiro atoms. The fourth-order valence-electron chi connectivity index (χ4n) is 3.13. The fourth-order valence-corrected chi connectivity index (χ4v) is 3.13. The molecule has 22 heavy (non-hydrogen) atoms. The molecule has 2 rings (SSSR count). The summed E-state index contributed by atoms with van der Waals surface area (Å²) < 4.78 is 0. The van der Waals surface area contributed by atoms with Gasteiger partial charge in [0.1, 0.15) is 0 Å². The minimum absolute atomic E-state index is 0.769. The number of nitrogens with zero attached hydrogens (tertiary/aromatic N) is 2. The molecule has 0 bridgehead atoms. The predicted octanol–water partition coefficient (Wildman–Crippen LogP) is 4.42. The monoisotopic (exact) mass is 312 g/mol. The molecular formula is C19H40N2O. The van der Waals surface area contributed by atoms with E-state index in [4.69, 9.17) is 0 Å². The molecule has 0 N–H and O–H groups in total. The standard InChI is InChI=1S/C9H17NO.C8H17N.C2H6/c1-8(2)9-3-5-10(7-11)6-4-9;1-8(2)9-6-4-3-5-7-9;1-2/h7-9H,3-6H2,1-2H3;8H,3-7H2,1-2H3;1-2H3. The van der Waals surface area contributed by atoms with Crippen molar-refractivity contribution in [3.05, 3.63) is 0 Å². The van der Waals surface area contributed by atoms with Crippen LogP contribution >= 0.6 is 0 Å². The van der Waals surface area contributed by atoms with E-state index in [1.807, 2.05) is 18.7 Å². The van der Waals surface area contributed by atoms with Crippen LogP contribution in [0.3, 0.4) is 0 Å². The first-order valence-electron chi connectivity index (χ1n) is 9.48. The summed E-state index contributed by atoms with van der Waals surface area (Å²) in [5.74, 6) is 1.62. The quantitative estimate of drug-likeness (QED) is 0.720. The molecule has 3 heteroatoms. The lowest BCUT2D eigenvalue weighted by molar-refractivity contribution is -0.119. The van der Waals surface area contributed by atoms with Gasteiger partial charge in [-0.1, -0.05) is 34.1 Å². The number of carbonyl (C=O) groups is 1. The Morgan fingerprint density at radius 1 is 0.864 bits per heavy atom. The van der Waals surface area contributed by atoms with Crippen molar-refractivity contribution in [3.8, 4) is 0 Å². The molecule has 0 aromatic heterocycles. The van der Waals surface area contributed by atoms with Crippen LogP contribution in [0.25, 0.3) is 0 Å². The third-order valence-electron chi connectivity index (χ3n) is 4.79. The molecule has 132 valence electrons. The number of likely N-dealkylation sites (tertiary alicyclic amines) is 2. The number of hydrogen-bond donors (Lipinski definition) is 0. The molecule has 2 saturated heterocycles. The summed E-state index contributed by atoms with van der Waals surface area (Å²) in [6, 6.07) is 0.769. The highest BCUT2D eigenvalue weighted by atomic mass is 16.1. The summed E-state index contributed by atoms with van der Waals surface area (Å²) in [7, 11) is 0. The summed E-state index contributed by atoms with van der Waals surface area (Å²) in [5, 5.41) is 0. The van der Waals surface area contributed by atoms with Crippen LogP contribution in [0.2, 0.25) is 0 Å².